The number of carbonyl (C=O) groups is 1. The number of hydrogen-bond donors (Lipinski definition) is 1. The van der Waals surface area contributed by atoms with E-state index in [1.165, 1.54) is 28.0 Å². The number of fused-ring (bicyclic) bond motifs is 2. The molecule has 30 heavy (non-hydrogen) atoms. The van der Waals surface area contributed by atoms with Crippen LogP contribution in [0.3, 0.4) is 0 Å². The lowest BCUT2D eigenvalue weighted by Gasteiger charge is -2.32. The SMILES string of the molecule is O=C(c1cc2ccccc2s1)N1CCC(n2c(=O)[nH]c3ccc(F)cc3c2=O)CC1. The van der Waals surface area contributed by atoms with E-state index in [2.05, 4.69) is 4.98 Å². The number of hydrogen-bond acceptors (Lipinski definition) is 4. The van der Waals surface area contributed by atoms with Crippen molar-refractivity contribution in [2.75, 3.05) is 13.1 Å². The summed E-state index contributed by atoms with van der Waals surface area (Å²) in [6, 6.07) is 13.2. The highest BCUT2D eigenvalue weighted by molar-refractivity contribution is 7.20. The van der Waals surface area contributed by atoms with E-state index in [0.29, 0.717) is 36.3 Å². The highest BCUT2D eigenvalue weighted by atomic mass is 32.1. The molecule has 1 aliphatic heterocycles. The molecule has 0 aliphatic carbocycles. The quantitative estimate of drug-likeness (QED) is 0.536. The molecule has 2 aromatic heterocycles. The van der Waals surface area contributed by atoms with Gasteiger partial charge in [-0.3, -0.25) is 14.2 Å². The molecule has 5 rings (SSSR count). The van der Waals surface area contributed by atoms with Crippen molar-refractivity contribution in [3.8, 4) is 0 Å². The molecule has 152 valence electrons. The van der Waals surface area contributed by atoms with Crippen LogP contribution in [0.4, 0.5) is 4.39 Å². The maximum Gasteiger partial charge on any atom is 0.329 e. The van der Waals surface area contributed by atoms with E-state index in [0.717, 1.165) is 16.2 Å². The number of aromatic nitrogens is 2. The Kier molecular flexibility index (Phi) is 4.51. The number of H-pyrrole nitrogens is 1. The lowest BCUT2D eigenvalue weighted by molar-refractivity contribution is 0.0697. The van der Waals surface area contributed by atoms with Crippen molar-refractivity contribution in [2.45, 2.75) is 18.9 Å². The Hall–Kier alpha value is -3.26. The molecule has 1 amide bonds. The number of piperidine rings is 1. The lowest BCUT2D eigenvalue weighted by atomic mass is 10.0. The van der Waals surface area contributed by atoms with Gasteiger partial charge in [-0.2, -0.15) is 0 Å². The van der Waals surface area contributed by atoms with Crippen LogP contribution in [0.2, 0.25) is 0 Å². The van der Waals surface area contributed by atoms with Crippen LogP contribution in [0.5, 0.6) is 0 Å². The van der Waals surface area contributed by atoms with Crippen molar-refractivity contribution in [3.63, 3.8) is 0 Å². The van der Waals surface area contributed by atoms with Gasteiger partial charge in [0, 0.05) is 23.8 Å². The van der Waals surface area contributed by atoms with Gasteiger partial charge in [0.25, 0.3) is 11.5 Å². The molecule has 6 nitrogen and oxygen atoms in total. The average Bonchev–Trinajstić information content (AvgIpc) is 3.19. The van der Waals surface area contributed by atoms with Crippen LogP contribution in [-0.2, 0) is 0 Å². The number of nitrogens with zero attached hydrogens (tertiary/aromatic N) is 2. The molecular weight excluding hydrogens is 405 g/mol. The number of thiophene rings is 1. The summed E-state index contributed by atoms with van der Waals surface area (Å²) in [7, 11) is 0. The number of halogens is 1. The largest absolute Gasteiger partial charge is 0.338 e. The molecule has 0 unspecified atom stereocenters. The van der Waals surface area contributed by atoms with E-state index in [1.54, 1.807) is 4.90 Å². The third-order valence-electron chi connectivity index (χ3n) is 5.64. The zero-order valence-electron chi connectivity index (χ0n) is 15.9. The predicted octanol–water partition coefficient (Wildman–Crippen LogP) is 3.52. The molecule has 0 bridgehead atoms. The molecule has 4 aromatic rings. The van der Waals surface area contributed by atoms with Crippen LogP contribution in [-0.4, -0.2) is 33.4 Å². The lowest BCUT2D eigenvalue weighted by Crippen LogP contribution is -2.44. The van der Waals surface area contributed by atoms with Crippen LogP contribution in [0, 0.1) is 5.82 Å². The third-order valence-corrected chi connectivity index (χ3v) is 6.75. The summed E-state index contributed by atoms with van der Waals surface area (Å²) in [6.07, 6.45) is 0.973. The van der Waals surface area contributed by atoms with E-state index in [1.807, 2.05) is 30.3 Å². The van der Waals surface area contributed by atoms with E-state index in [9.17, 15) is 18.8 Å². The molecule has 8 heteroatoms. The minimum Gasteiger partial charge on any atom is -0.338 e. The molecule has 0 spiro atoms. The zero-order valence-corrected chi connectivity index (χ0v) is 16.7. The van der Waals surface area contributed by atoms with Gasteiger partial charge in [-0.05, 0) is 48.6 Å². The topological polar surface area (TPSA) is 75.2 Å². The van der Waals surface area contributed by atoms with Crippen LogP contribution >= 0.6 is 11.3 Å². The highest BCUT2D eigenvalue weighted by Crippen LogP contribution is 2.28. The first kappa shape index (κ1) is 18.7. The minimum atomic E-state index is -0.526. The number of carbonyl (C=O) groups excluding carboxylic acids is 1. The Morgan fingerprint density at radius 2 is 1.83 bits per heavy atom. The fourth-order valence-electron chi connectivity index (χ4n) is 4.10. The number of likely N-dealkylation sites (tertiary alicyclic amines) is 1. The van der Waals surface area contributed by atoms with Crippen LogP contribution < -0.4 is 11.2 Å². The number of amides is 1. The second kappa shape index (κ2) is 7.21. The molecule has 3 heterocycles. The second-order valence-electron chi connectivity index (χ2n) is 7.47. The van der Waals surface area contributed by atoms with E-state index < -0.39 is 17.1 Å². The Morgan fingerprint density at radius 3 is 2.60 bits per heavy atom. The summed E-state index contributed by atoms with van der Waals surface area (Å²) < 4.78 is 15.8. The average molecular weight is 423 g/mol. The van der Waals surface area contributed by atoms with E-state index in [4.69, 9.17) is 0 Å². The van der Waals surface area contributed by atoms with Gasteiger partial charge in [0.05, 0.1) is 15.8 Å². The molecule has 1 aliphatic rings. The van der Waals surface area contributed by atoms with E-state index >= 15 is 0 Å². The first-order valence-corrected chi connectivity index (χ1v) is 10.5. The van der Waals surface area contributed by atoms with Gasteiger partial charge in [-0.25, -0.2) is 9.18 Å². The van der Waals surface area contributed by atoms with Crippen LogP contribution in [0.1, 0.15) is 28.6 Å². The molecule has 0 radical (unpaired) electrons. The summed E-state index contributed by atoms with van der Waals surface area (Å²) in [5, 5.41) is 1.19. The molecule has 1 N–H and O–H groups in total. The molecule has 1 fully saturated rings. The molecule has 2 aromatic carbocycles. The van der Waals surface area contributed by atoms with Gasteiger partial charge in [-0.15, -0.1) is 11.3 Å². The highest BCUT2D eigenvalue weighted by Gasteiger charge is 2.27. The number of nitrogens with one attached hydrogen (secondary N) is 1. The van der Waals surface area contributed by atoms with Gasteiger partial charge in [-0.1, -0.05) is 18.2 Å². The standard InChI is InChI=1S/C22H18FN3O3S/c23-14-5-6-17-16(12-14)20(27)26(22(29)24-17)15-7-9-25(10-8-15)21(28)19-11-13-3-1-2-4-18(13)30-19/h1-6,11-12,15H,7-10H2,(H,24,29). The molecular formula is C22H18FN3O3S. The molecule has 0 saturated carbocycles. The van der Waals surface area contributed by atoms with Crippen molar-refractivity contribution in [3.05, 3.63) is 80.1 Å². The molecule has 1 saturated heterocycles. The molecule has 0 atom stereocenters. The van der Waals surface area contributed by atoms with Crippen molar-refractivity contribution >= 4 is 38.2 Å². The summed E-state index contributed by atoms with van der Waals surface area (Å²) >= 11 is 1.47. The number of aromatic amines is 1. The van der Waals surface area contributed by atoms with Crippen molar-refractivity contribution < 1.29 is 9.18 Å². The monoisotopic (exact) mass is 423 g/mol. The van der Waals surface area contributed by atoms with Gasteiger partial charge in [0.1, 0.15) is 5.82 Å². The minimum absolute atomic E-state index is 0.0310. The first-order chi connectivity index (χ1) is 14.5. The fraction of sp³-hybridized carbons (Fsp3) is 0.227. The second-order valence-corrected chi connectivity index (χ2v) is 8.55. The van der Waals surface area contributed by atoms with Gasteiger partial charge in [0.2, 0.25) is 0 Å². The normalized spacial score (nSPS) is 15.2. The van der Waals surface area contributed by atoms with Crippen molar-refractivity contribution in [1.82, 2.24) is 14.5 Å². The van der Waals surface area contributed by atoms with Gasteiger partial charge >= 0.3 is 5.69 Å². The smallest absolute Gasteiger partial charge is 0.329 e. The Morgan fingerprint density at radius 1 is 1.07 bits per heavy atom. The van der Waals surface area contributed by atoms with Crippen molar-refractivity contribution in [2.24, 2.45) is 0 Å². The zero-order chi connectivity index (χ0) is 20.8. The Labute approximate surface area is 174 Å². The summed E-state index contributed by atoms with van der Waals surface area (Å²) in [4.78, 5) is 43.4. The van der Waals surface area contributed by atoms with Crippen molar-refractivity contribution in [1.29, 1.82) is 0 Å². The van der Waals surface area contributed by atoms with Crippen LogP contribution in [0.15, 0.2) is 58.1 Å². The number of benzene rings is 2. The summed E-state index contributed by atoms with van der Waals surface area (Å²) in [5.41, 5.74) is -0.684. The van der Waals surface area contributed by atoms with Gasteiger partial charge < -0.3 is 9.88 Å². The predicted molar refractivity (Wildman–Crippen MR) is 115 cm³/mol. The fourth-order valence-corrected chi connectivity index (χ4v) is 5.13. The van der Waals surface area contributed by atoms with E-state index in [-0.39, 0.29) is 17.3 Å². The number of rotatable bonds is 2. The Balaban J connectivity index is 1.39. The summed E-state index contributed by atoms with van der Waals surface area (Å²) in [6.45, 7) is 0.898. The first-order valence-electron chi connectivity index (χ1n) is 9.73. The third kappa shape index (κ3) is 3.13. The van der Waals surface area contributed by atoms with Gasteiger partial charge in [0.15, 0.2) is 0 Å². The maximum absolute atomic E-state index is 13.6. The Bertz CT molecular complexity index is 1360. The maximum atomic E-state index is 13.6. The summed E-state index contributed by atoms with van der Waals surface area (Å²) in [5.74, 6) is -0.557. The van der Waals surface area contributed by atoms with Crippen LogP contribution in [0.25, 0.3) is 21.0 Å².